The van der Waals surface area contributed by atoms with Gasteiger partial charge in [0.25, 0.3) is 0 Å². The Kier molecular flexibility index (Phi) is 3.96. The van der Waals surface area contributed by atoms with Gasteiger partial charge in [-0.05, 0) is 36.8 Å². The van der Waals surface area contributed by atoms with Gasteiger partial charge in [-0.25, -0.2) is 9.89 Å². The second-order valence-electron chi connectivity index (χ2n) is 5.16. The van der Waals surface area contributed by atoms with Crippen molar-refractivity contribution in [1.82, 2.24) is 14.8 Å². The summed E-state index contributed by atoms with van der Waals surface area (Å²) in [4.78, 5) is 11.7. The van der Waals surface area contributed by atoms with Gasteiger partial charge in [-0.2, -0.15) is 0 Å². The lowest BCUT2D eigenvalue weighted by Gasteiger charge is -2.24. The Labute approximate surface area is 122 Å². The van der Waals surface area contributed by atoms with Crippen molar-refractivity contribution in [2.45, 2.75) is 49.6 Å². The number of fused-ring (bicyclic) bond motifs is 1. The molecule has 0 amide bonds. The fourth-order valence-electron chi connectivity index (χ4n) is 2.77. The van der Waals surface area contributed by atoms with E-state index in [0.717, 1.165) is 31.0 Å². The summed E-state index contributed by atoms with van der Waals surface area (Å²) in [5, 5.41) is 7.99. The maximum atomic E-state index is 11.7. The van der Waals surface area contributed by atoms with Crippen molar-refractivity contribution in [1.29, 1.82) is 0 Å². The van der Waals surface area contributed by atoms with Gasteiger partial charge in [0, 0.05) is 11.8 Å². The van der Waals surface area contributed by atoms with Crippen LogP contribution in [0.1, 0.15) is 42.6 Å². The highest BCUT2D eigenvalue weighted by Crippen LogP contribution is 2.42. The van der Waals surface area contributed by atoms with Crippen LogP contribution in [-0.2, 0) is 13.0 Å². The number of hydrogen-bond donors (Lipinski definition) is 1. The SMILES string of the molecule is CCCn1c(SC2CCCc3ccccc32)n[nH]c1=O. The molecule has 5 heteroatoms. The summed E-state index contributed by atoms with van der Waals surface area (Å²) < 4.78 is 1.75. The summed E-state index contributed by atoms with van der Waals surface area (Å²) in [6.45, 7) is 2.80. The van der Waals surface area contributed by atoms with Crippen LogP contribution in [0.15, 0.2) is 34.2 Å². The van der Waals surface area contributed by atoms with Crippen molar-refractivity contribution < 1.29 is 0 Å². The predicted octanol–water partition coefficient (Wildman–Crippen LogP) is 3.15. The van der Waals surface area contributed by atoms with Crippen molar-refractivity contribution in [3.05, 3.63) is 45.9 Å². The molecule has 4 nitrogen and oxygen atoms in total. The lowest BCUT2D eigenvalue weighted by atomic mass is 9.91. The zero-order chi connectivity index (χ0) is 13.9. The van der Waals surface area contributed by atoms with E-state index >= 15 is 0 Å². The average molecular weight is 289 g/mol. The Hall–Kier alpha value is -1.49. The van der Waals surface area contributed by atoms with Gasteiger partial charge in [-0.3, -0.25) is 4.57 Å². The summed E-state index contributed by atoms with van der Waals surface area (Å²) in [7, 11) is 0. The molecular formula is C15H19N3OS. The van der Waals surface area contributed by atoms with Crippen LogP contribution in [0.4, 0.5) is 0 Å². The summed E-state index contributed by atoms with van der Waals surface area (Å²) >= 11 is 1.72. The Morgan fingerprint density at radius 2 is 2.30 bits per heavy atom. The molecule has 1 heterocycles. The first-order valence-corrected chi connectivity index (χ1v) is 8.07. The van der Waals surface area contributed by atoms with Gasteiger partial charge in [0.05, 0.1) is 0 Å². The fourth-order valence-corrected chi connectivity index (χ4v) is 4.07. The third-order valence-corrected chi connectivity index (χ3v) is 5.03. The molecule has 0 fully saturated rings. The van der Waals surface area contributed by atoms with E-state index in [-0.39, 0.29) is 5.69 Å². The maximum absolute atomic E-state index is 11.7. The van der Waals surface area contributed by atoms with Crippen LogP contribution in [0.25, 0.3) is 0 Å². The molecule has 0 spiro atoms. The largest absolute Gasteiger partial charge is 0.343 e. The molecule has 1 aromatic carbocycles. The second kappa shape index (κ2) is 5.87. The van der Waals surface area contributed by atoms with Crippen molar-refractivity contribution >= 4 is 11.8 Å². The molecule has 1 N–H and O–H groups in total. The van der Waals surface area contributed by atoms with Gasteiger partial charge in [-0.1, -0.05) is 43.0 Å². The highest BCUT2D eigenvalue weighted by atomic mass is 32.2. The number of benzene rings is 1. The van der Waals surface area contributed by atoms with Crippen LogP contribution in [-0.4, -0.2) is 14.8 Å². The average Bonchev–Trinajstić information content (AvgIpc) is 2.81. The first kappa shape index (κ1) is 13.5. The topological polar surface area (TPSA) is 50.7 Å². The summed E-state index contributed by atoms with van der Waals surface area (Å²) in [6, 6.07) is 8.63. The summed E-state index contributed by atoms with van der Waals surface area (Å²) in [6.07, 6.45) is 4.45. The first-order chi connectivity index (χ1) is 9.79. The van der Waals surface area contributed by atoms with Crippen LogP contribution in [0.5, 0.6) is 0 Å². The van der Waals surface area contributed by atoms with Gasteiger partial charge >= 0.3 is 5.69 Å². The third-order valence-electron chi connectivity index (χ3n) is 3.73. The van der Waals surface area contributed by atoms with Crippen LogP contribution in [0.2, 0.25) is 0 Å². The number of hydrogen-bond acceptors (Lipinski definition) is 3. The molecule has 0 bridgehead atoms. The molecule has 0 aliphatic heterocycles. The molecule has 2 aromatic rings. The zero-order valence-electron chi connectivity index (χ0n) is 11.6. The first-order valence-electron chi connectivity index (χ1n) is 7.19. The molecule has 106 valence electrons. The lowest BCUT2D eigenvalue weighted by Crippen LogP contribution is -2.17. The van der Waals surface area contributed by atoms with E-state index in [4.69, 9.17) is 0 Å². The summed E-state index contributed by atoms with van der Waals surface area (Å²) in [5.74, 6) is 0. The predicted molar refractivity (Wildman–Crippen MR) is 81.1 cm³/mol. The minimum absolute atomic E-state index is 0.0987. The van der Waals surface area contributed by atoms with Crippen LogP contribution in [0, 0.1) is 0 Å². The number of nitrogens with one attached hydrogen (secondary N) is 1. The van der Waals surface area contributed by atoms with Gasteiger partial charge in [-0.15, -0.1) is 5.10 Å². The van der Waals surface area contributed by atoms with Gasteiger partial charge in [0.2, 0.25) is 0 Å². The molecule has 0 radical (unpaired) electrons. The molecule has 1 unspecified atom stereocenters. The third kappa shape index (κ3) is 2.54. The number of aromatic amines is 1. The number of H-pyrrole nitrogens is 1. The van der Waals surface area contributed by atoms with Crippen molar-refractivity contribution in [2.75, 3.05) is 0 Å². The second-order valence-corrected chi connectivity index (χ2v) is 6.33. The van der Waals surface area contributed by atoms with Crippen LogP contribution in [0.3, 0.4) is 0 Å². The minimum Gasteiger partial charge on any atom is -0.270 e. The Morgan fingerprint density at radius 1 is 1.45 bits per heavy atom. The number of thioether (sulfide) groups is 1. The minimum atomic E-state index is -0.0987. The van der Waals surface area contributed by atoms with Crippen LogP contribution >= 0.6 is 11.8 Å². The fraction of sp³-hybridized carbons (Fsp3) is 0.467. The van der Waals surface area contributed by atoms with E-state index in [0.29, 0.717) is 5.25 Å². The van der Waals surface area contributed by atoms with E-state index in [1.54, 1.807) is 16.3 Å². The van der Waals surface area contributed by atoms with E-state index in [9.17, 15) is 4.79 Å². The van der Waals surface area contributed by atoms with E-state index < -0.39 is 0 Å². The molecule has 1 aliphatic rings. The van der Waals surface area contributed by atoms with Crippen molar-refractivity contribution in [2.24, 2.45) is 0 Å². The standard InChI is InChI=1S/C15H19N3OS/c1-2-10-18-14(19)16-17-15(18)20-13-9-5-7-11-6-3-4-8-12(11)13/h3-4,6,8,13H,2,5,7,9-10H2,1H3,(H,16,19). The van der Waals surface area contributed by atoms with E-state index in [1.807, 2.05) is 0 Å². The quantitative estimate of drug-likeness (QED) is 0.940. The molecule has 1 aromatic heterocycles. The molecule has 1 aliphatic carbocycles. The Morgan fingerprint density at radius 3 is 3.15 bits per heavy atom. The number of aromatic nitrogens is 3. The normalized spacial score (nSPS) is 17.9. The highest BCUT2D eigenvalue weighted by Gasteiger charge is 2.23. The number of nitrogens with zero attached hydrogens (tertiary/aromatic N) is 2. The molecular weight excluding hydrogens is 270 g/mol. The van der Waals surface area contributed by atoms with Gasteiger partial charge in [0.1, 0.15) is 0 Å². The maximum Gasteiger partial charge on any atom is 0.343 e. The van der Waals surface area contributed by atoms with Crippen molar-refractivity contribution in [3.63, 3.8) is 0 Å². The molecule has 20 heavy (non-hydrogen) atoms. The number of rotatable bonds is 4. The Bertz CT molecular complexity index is 647. The molecule has 3 rings (SSSR count). The molecule has 0 saturated heterocycles. The Balaban J connectivity index is 1.88. The van der Waals surface area contributed by atoms with Gasteiger partial charge in [0.15, 0.2) is 5.16 Å². The van der Waals surface area contributed by atoms with Crippen LogP contribution < -0.4 is 5.69 Å². The molecule has 0 saturated carbocycles. The smallest absolute Gasteiger partial charge is 0.270 e. The number of aryl methyl sites for hydroxylation is 1. The monoisotopic (exact) mass is 289 g/mol. The zero-order valence-corrected chi connectivity index (χ0v) is 12.4. The van der Waals surface area contributed by atoms with E-state index in [2.05, 4.69) is 41.4 Å². The van der Waals surface area contributed by atoms with Gasteiger partial charge < -0.3 is 0 Å². The molecule has 1 atom stereocenters. The van der Waals surface area contributed by atoms with Crippen molar-refractivity contribution in [3.8, 4) is 0 Å². The summed E-state index contributed by atoms with van der Waals surface area (Å²) in [5.41, 5.74) is 2.75. The highest BCUT2D eigenvalue weighted by molar-refractivity contribution is 7.99. The van der Waals surface area contributed by atoms with E-state index in [1.165, 1.54) is 17.5 Å². The lowest BCUT2D eigenvalue weighted by molar-refractivity contribution is 0.599.